The number of ether oxygens (including phenoxy) is 2. The van der Waals surface area contributed by atoms with Crippen LogP contribution < -0.4 is 10.1 Å². The third-order valence-electron chi connectivity index (χ3n) is 6.21. The fraction of sp³-hybridized carbons (Fsp3) is 0.308. The highest BCUT2D eigenvalue weighted by Gasteiger charge is 2.45. The smallest absolute Gasteiger partial charge is 0.336 e. The van der Waals surface area contributed by atoms with E-state index in [0.717, 1.165) is 11.3 Å². The van der Waals surface area contributed by atoms with Crippen LogP contribution in [0.25, 0.3) is 0 Å². The molecule has 33 heavy (non-hydrogen) atoms. The van der Waals surface area contributed by atoms with Gasteiger partial charge in [-0.2, -0.15) is 0 Å². The number of allylic oxidation sites excluding steroid dienone is 3. The third kappa shape index (κ3) is 4.29. The Bertz CT molecular complexity index is 1150. The van der Waals surface area contributed by atoms with Gasteiger partial charge < -0.3 is 19.9 Å². The number of benzene rings is 2. The molecular formula is C26H26BrNO5. The summed E-state index contributed by atoms with van der Waals surface area (Å²) in [6, 6.07) is 13.3. The van der Waals surface area contributed by atoms with Gasteiger partial charge in [0.15, 0.2) is 11.5 Å². The summed E-state index contributed by atoms with van der Waals surface area (Å²) < 4.78 is 11.1. The topological polar surface area (TPSA) is 84.9 Å². The van der Waals surface area contributed by atoms with Gasteiger partial charge in [0.2, 0.25) is 0 Å². The van der Waals surface area contributed by atoms with Crippen LogP contribution in [0.15, 0.2) is 70.0 Å². The molecule has 4 rings (SSSR count). The maximum absolute atomic E-state index is 13.6. The van der Waals surface area contributed by atoms with E-state index in [1.807, 2.05) is 44.2 Å². The maximum Gasteiger partial charge on any atom is 0.336 e. The molecular weight excluding hydrogens is 486 g/mol. The minimum absolute atomic E-state index is 0.0234. The van der Waals surface area contributed by atoms with Crippen LogP contribution in [-0.4, -0.2) is 30.6 Å². The summed E-state index contributed by atoms with van der Waals surface area (Å²) in [6.45, 7) is 4.00. The molecule has 1 aliphatic carbocycles. The molecule has 0 fully saturated rings. The largest absolute Gasteiger partial charge is 0.503 e. The Morgan fingerprint density at radius 3 is 2.58 bits per heavy atom. The van der Waals surface area contributed by atoms with E-state index in [9.17, 15) is 14.7 Å². The molecule has 0 spiro atoms. The number of carbonyl (C=O) groups is 2. The Hall–Kier alpha value is -3.06. The molecule has 1 heterocycles. The summed E-state index contributed by atoms with van der Waals surface area (Å²) >= 11 is 3.39. The Balaban J connectivity index is 1.88. The van der Waals surface area contributed by atoms with Crippen LogP contribution in [-0.2, 0) is 14.3 Å². The molecule has 3 unspecified atom stereocenters. The average molecular weight is 512 g/mol. The van der Waals surface area contributed by atoms with Crippen LogP contribution in [0.1, 0.15) is 43.2 Å². The van der Waals surface area contributed by atoms with Crippen molar-refractivity contribution in [2.24, 2.45) is 5.92 Å². The van der Waals surface area contributed by atoms with Gasteiger partial charge in [0.25, 0.3) is 0 Å². The first-order valence-corrected chi connectivity index (χ1v) is 11.7. The van der Waals surface area contributed by atoms with Crippen molar-refractivity contribution in [3.05, 3.63) is 81.1 Å². The van der Waals surface area contributed by atoms with Crippen molar-refractivity contribution in [3.63, 3.8) is 0 Å². The van der Waals surface area contributed by atoms with Crippen LogP contribution in [0.2, 0.25) is 0 Å². The molecule has 0 saturated carbocycles. The van der Waals surface area contributed by atoms with Crippen LogP contribution in [0.5, 0.6) is 11.5 Å². The Labute approximate surface area is 201 Å². The van der Waals surface area contributed by atoms with E-state index < -0.39 is 17.8 Å². The zero-order valence-corrected chi connectivity index (χ0v) is 20.3. The molecule has 0 amide bonds. The summed E-state index contributed by atoms with van der Waals surface area (Å²) in [5.74, 6) is -1.39. The summed E-state index contributed by atoms with van der Waals surface area (Å²) in [4.78, 5) is 26.4. The number of ketones is 1. The van der Waals surface area contributed by atoms with Crippen molar-refractivity contribution in [2.45, 2.75) is 32.1 Å². The SMILES string of the molecule is CCOc1cc(C2C(C(=O)OC)=C(C)NC3=CC(c4ccccc4)CC(=O)C32)cc(Br)c1O. The van der Waals surface area contributed by atoms with Crippen molar-refractivity contribution in [1.29, 1.82) is 0 Å². The highest BCUT2D eigenvalue weighted by molar-refractivity contribution is 9.10. The summed E-state index contributed by atoms with van der Waals surface area (Å²) in [5.41, 5.74) is 3.56. The molecule has 0 radical (unpaired) electrons. The van der Waals surface area contributed by atoms with Crippen LogP contribution in [0, 0.1) is 5.92 Å². The van der Waals surface area contributed by atoms with Crippen LogP contribution >= 0.6 is 15.9 Å². The number of carbonyl (C=O) groups excluding carboxylic acids is 2. The lowest BCUT2D eigenvalue weighted by molar-refractivity contribution is -0.136. The first-order chi connectivity index (χ1) is 15.8. The van der Waals surface area contributed by atoms with Crippen molar-refractivity contribution in [1.82, 2.24) is 5.32 Å². The number of hydrogen-bond acceptors (Lipinski definition) is 6. The summed E-state index contributed by atoms with van der Waals surface area (Å²) in [7, 11) is 1.33. The van der Waals surface area contributed by atoms with Gasteiger partial charge in [-0.25, -0.2) is 4.79 Å². The standard InChI is InChI=1S/C26H26BrNO5/c1-4-33-21-13-17(10-18(27)25(21)30)23-22(26(31)32-3)14(2)28-19-11-16(12-20(29)24(19)23)15-8-6-5-7-9-15/h5-11,13,16,23-24,28,30H,4,12H2,1-3H3. The van der Waals surface area contributed by atoms with E-state index >= 15 is 0 Å². The molecule has 6 nitrogen and oxygen atoms in total. The first-order valence-electron chi connectivity index (χ1n) is 10.9. The lowest BCUT2D eigenvalue weighted by Crippen LogP contribution is -2.41. The molecule has 1 aliphatic heterocycles. The number of aromatic hydroxyl groups is 1. The molecule has 2 aromatic rings. The number of fused-ring (bicyclic) bond motifs is 1. The molecule has 0 bridgehead atoms. The molecule has 172 valence electrons. The quantitative estimate of drug-likeness (QED) is 0.552. The van der Waals surface area contributed by atoms with Gasteiger partial charge in [0.1, 0.15) is 5.78 Å². The van der Waals surface area contributed by atoms with E-state index in [1.54, 1.807) is 12.1 Å². The van der Waals surface area contributed by atoms with E-state index in [2.05, 4.69) is 27.3 Å². The fourth-order valence-corrected chi connectivity index (χ4v) is 5.23. The molecule has 2 aliphatic rings. The highest BCUT2D eigenvalue weighted by atomic mass is 79.9. The number of nitrogens with one attached hydrogen (secondary N) is 1. The Morgan fingerprint density at radius 2 is 1.91 bits per heavy atom. The normalized spacial score (nSPS) is 22.2. The first kappa shape index (κ1) is 23.1. The summed E-state index contributed by atoms with van der Waals surface area (Å²) in [5, 5.41) is 13.7. The third-order valence-corrected chi connectivity index (χ3v) is 6.81. The lowest BCUT2D eigenvalue weighted by Gasteiger charge is -2.39. The zero-order chi connectivity index (χ0) is 23.7. The highest BCUT2D eigenvalue weighted by Crippen LogP contribution is 2.48. The molecule has 3 atom stereocenters. The monoisotopic (exact) mass is 511 g/mol. The number of Topliss-reactive ketones (excluding diaryl/α,β-unsaturated/α-hetero) is 1. The van der Waals surface area contributed by atoms with E-state index in [1.165, 1.54) is 7.11 Å². The number of hydrogen-bond donors (Lipinski definition) is 2. The van der Waals surface area contributed by atoms with E-state index in [-0.39, 0.29) is 17.5 Å². The molecule has 2 aromatic carbocycles. The van der Waals surface area contributed by atoms with Gasteiger partial charge in [0, 0.05) is 29.7 Å². The Morgan fingerprint density at radius 1 is 1.18 bits per heavy atom. The fourth-order valence-electron chi connectivity index (χ4n) is 4.77. The number of rotatable bonds is 5. The second kappa shape index (κ2) is 9.43. The average Bonchev–Trinajstić information content (AvgIpc) is 2.81. The second-order valence-corrected chi connectivity index (χ2v) is 9.06. The Kier molecular flexibility index (Phi) is 6.61. The van der Waals surface area contributed by atoms with Crippen molar-refractivity contribution < 1.29 is 24.2 Å². The number of phenols is 1. The van der Waals surface area contributed by atoms with Crippen LogP contribution in [0.3, 0.4) is 0 Å². The summed E-state index contributed by atoms with van der Waals surface area (Å²) in [6.07, 6.45) is 2.42. The van der Waals surface area contributed by atoms with Gasteiger partial charge in [-0.15, -0.1) is 0 Å². The number of esters is 1. The van der Waals surface area contributed by atoms with Gasteiger partial charge in [-0.05, 0) is 53.0 Å². The minimum Gasteiger partial charge on any atom is -0.503 e. The van der Waals surface area contributed by atoms with Crippen molar-refractivity contribution in [3.8, 4) is 11.5 Å². The lowest BCUT2D eigenvalue weighted by atomic mass is 9.68. The van der Waals surface area contributed by atoms with Crippen molar-refractivity contribution >= 4 is 27.7 Å². The molecule has 0 saturated heterocycles. The molecule has 2 N–H and O–H groups in total. The maximum atomic E-state index is 13.6. The van der Waals surface area contributed by atoms with E-state index in [0.29, 0.717) is 40.1 Å². The van der Waals surface area contributed by atoms with E-state index in [4.69, 9.17) is 9.47 Å². The van der Waals surface area contributed by atoms with Gasteiger partial charge in [-0.1, -0.05) is 36.4 Å². The zero-order valence-electron chi connectivity index (χ0n) is 18.7. The van der Waals surface area contributed by atoms with Gasteiger partial charge >= 0.3 is 5.97 Å². The van der Waals surface area contributed by atoms with Gasteiger partial charge in [-0.3, -0.25) is 4.79 Å². The number of halogens is 1. The minimum atomic E-state index is -0.578. The van der Waals surface area contributed by atoms with Crippen molar-refractivity contribution in [2.75, 3.05) is 13.7 Å². The predicted molar refractivity (Wildman–Crippen MR) is 128 cm³/mol. The predicted octanol–water partition coefficient (Wildman–Crippen LogP) is 4.94. The molecule has 7 heteroatoms. The second-order valence-electron chi connectivity index (χ2n) is 8.20. The van der Waals surface area contributed by atoms with Crippen LogP contribution in [0.4, 0.5) is 0 Å². The number of methoxy groups -OCH3 is 1. The molecule has 0 aromatic heterocycles. The number of phenolic OH excluding ortho intramolecular Hbond substituents is 1. The van der Waals surface area contributed by atoms with Gasteiger partial charge in [0.05, 0.1) is 29.7 Å².